The fourth-order valence-corrected chi connectivity index (χ4v) is 3.79. The molecule has 9 heteroatoms. The Morgan fingerprint density at radius 2 is 2.07 bits per heavy atom. The summed E-state index contributed by atoms with van der Waals surface area (Å²) >= 11 is 1.57. The molecule has 1 fully saturated rings. The molecule has 28 heavy (non-hydrogen) atoms. The first-order valence-corrected chi connectivity index (χ1v) is 10.5. The number of aryl methyl sites for hydroxylation is 1. The van der Waals surface area contributed by atoms with E-state index in [0.717, 1.165) is 18.0 Å². The summed E-state index contributed by atoms with van der Waals surface area (Å²) in [5.74, 6) is 1.35. The van der Waals surface area contributed by atoms with E-state index in [0.29, 0.717) is 50.6 Å². The van der Waals surface area contributed by atoms with Crippen molar-refractivity contribution < 1.29 is 14.1 Å². The molecule has 2 aromatic rings. The normalized spacial score (nSPS) is 15.2. The molecule has 2 amide bonds. The van der Waals surface area contributed by atoms with Crippen molar-refractivity contribution in [2.24, 2.45) is 0 Å². The lowest BCUT2D eigenvalue weighted by Gasteiger charge is -2.34. The third-order valence-electron chi connectivity index (χ3n) is 4.53. The maximum absolute atomic E-state index is 12.4. The van der Waals surface area contributed by atoms with Gasteiger partial charge in [-0.3, -0.25) is 14.5 Å². The van der Waals surface area contributed by atoms with Crippen molar-refractivity contribution in [1.29, 1.82) is 0 Å². The van der Waals surface area contributed by atoms with Crippen molar-refractivity contribution in [1.82, 2.24) is 25.3 Å². The number of carbonyl (C=O) groups excluding carboxylic acids is 2. The zero-order chi connectivity index (χ0) is 19.9. The number of nitrogens with zero attached hydrogens (tertiary/aromatic N) is 4. The van der Waals surface area contributed by atoms with Gasteiger partial charge in [0.2, 0.25) is 23.5 Å². The maximum atomic E-state index is 12.4. The van der Waals surface area contributed by atoms with E-state index in [1.165, 1.54) is 0 Å². The molecule has 8 nitrogen and oxygen atoms in total. The van der Waals surface area contributed by atoms with Gasteiger partial charge in [0.25, 0.3) is 0 Å². The average molecular weight is 406 g/mol. The molecule has 152 valence electrons. The van der Waals surface area contributed by atoms with Crippen molar-refractivity contribution in [2.75, 3.05) is 32.7 Å². The standard InChI is InChI=1S/C19H27N5O3S/c1-14(2)20-16(25)13-23-8-10-24(11-9-23)18(26)7-3-6-17-21-19(22-27-17)15-5-4-12-28-15/h4-5,12,14H,3,6-11,13H2,1-2H3,(H,20,25). The van der Waals surface area contributed by atoms with Gasteiger partial charge in [-0.15, -0.1) is 11.3 Å². The summed E-state index contributed by atoms with van der Waals surface area (Å²) in [6, 6.07) is 4.05. The Hall–Kier alpha value is -2.26. The third kappa shape index (κ3) is 5.87. The second-order valence-corrected chi connectivity index (χ2v) is 8.17. The fourth-order valence-electron chi connectivity index (χ4n) is 3.14. The van der Waals surface area contributed by atoms with Crippen LogP contribution < -0.4 is 5.32 Å². The van der Waals surface area contributed by atoms with Crippen molar-refractivity contribution in [3.8, 4) is 10.7 Å². The third-order valence-corrected chi connectivity index (χ3v) is 5.40. The molecular weight excluding hydrogens is 378 g/mol. The molecule has 1 aliphatic heterocycles. The second-order valence-electron chi connectivity index (χ2n) is 7.22. The quantitative estimate of drug-likeness (QED) is 0.720. The SMILES string of the molecule is CC(C)NC(=O)CN1CCN(C(=O)CCCc2nc(-c3cccs3)no2)CC1. The number of nitrogens with one attached hydrogen (secondary N) is 1. The predicted octanol–water partition coefficient (Wildman–Crippen LogP) is 1.79. The van der Waals surface area contributed by atoms with Crippen LogP contribution >= 0.6 is 11.3 Å². The highest BCUT2D eigenvalue weighted by Gasteiger charge is 2.22. The summed E-state index contributed by atoms with van der Waals surface area (Å²) in [5, 5.41) is 8.86. The predicted molar refractivity (Wildman–Crippen MR) is 107 cm³/mol. The minimum Gasteiger partial charge on any atom is -0.353 e. The number of carbonyl (C=O) groups is 2. The van der Waals surface area contributed by atoms with E-state index in [1.807, 2.05) is 36.3 Å². The molecule has 2 aromatic heterocycles. The second kappa shape index (κ2) is 9.79. The molecule has 3 rings (SSSR count). The topological polar surface area (TPSA) is 91.6 Å². The average Bonchev–Trinajstić information content (AvgIpc) is 3.33. The van der Waals surface area contributed by atoms with Crippen molar-refractivity contribution in [3.05, 3.63) is 23.4 Å². The monoisotopic (exact) mass is 405 g/mol. The minimum absolute atomic E-state index is 0.0382. The molecule has 0 spiro atoms. The molecule has 0 unspecified atom stereocenters. The van der Waals surface area contributed by atoms with Crippen LogP contribution in [0.4, 0.5) is 0 Å². The first kappa shape index (κ1) is 20.5. The molecule has 0 radical (unpaired) electrons. The largest absolute Gasteiger partial charge is 0.353 e. The van der Waals surface area contributed by atoms with Crippen molar-refractivity contribution >= 4 is 23.2 Å². The summed E-state index contributed by atoms with van der Waals surface area (Å²) in [7, 11) is 0. The van der Waals surface area contributed by atoms with Gasteiger partial charge in [0, 0.05) is 45.1 Å². The summed E-state index contributed by atoms with van der Waals surface area (Å²) in [5.41, 5.74) is 0. The van der Waals surface area contributed by atoms with Crippen LogP contribution in [0, 0.1) is 0 Å². The lowest BCUT2D eigenvalue weighted by molar-refractivity contribution is -0.133. The van der Waals surface area contributed by atoms with E-state index >= 15 is 0 Å². The van der Waals surface area contributed by atoms with Gasteiger partial charge in [-0.1, -0.05) is 11.2 Å². The Morgan fingerprint density at radius 1 is 1.29 bits per heavy atom. The molecule has 1 aliphatic rings. The highest BCUT2D eigenvalue weighted by Crippen LogP contribution is 2.21. The van der Waals surface area contributed by atoms with Crippen LogP contribution in [0.1, 0.15) is 32.6 Å². The highest BCUT2D eigenvalue weighted by molar-refractivity contribution is 7.13. The van der Waals surface area contributed by atoms with E-state index in [-0.39, 0.29) is 17.9 Å². The molecule has 0 bridgehead atoms. The van der Waals surface area contributed by atoms with Gasteiger partial charge in [0.15, 0.2) is 0 Å². The highest BCUT2D eigenvalue weighted by atomic mass is 32.1. The lowest BCUT2D eigenvalue weighted by Crippen LogP contribution is -2.51. The first-order chi connectivity index (χ1) is 13.5. The molecule has 1 N–H and O–H groups in total. The van der Waals surface area contributed by atoms with E-state index in [1.54, 1.807) is 11.3 Å². The molecule has 0 atom stereocenters. The summed E-state index contributed by atoms with van der Waals surface area (Å²) in [6.45, 7) is 7.07. The van der Waals surface area contributed by atoms with Crippen LogP contribution in [0.2, 0.25) is 0 Å². The van der Waals surface area contributed by atoms with E-state index < -0.39 is 0 Å². The van der Waals surface area contributed by atoms with Crippen LogP contribution in [0.15, 0.2) is 22.0 Å². The summed E-state index contributed by atoms with van der Waals surface area (Å²) in [4.78, 5) is 33.6. The molecule has 3 heterocycles. The minimum atomic E-state index is 0.0382. The number of amides is 2. The van der Waals surface area contributed by atoms with Gasteiger partial charge in [0.05, 0.1) is 11.4 Å². The van der Waals surface area contributed by atoms with Crippen LogP contribution in [-0.2, 0) is 16.0 Å². The van der Waals surface area contributed by atoms with Crippen LogP contribution in [0.5, 0.6) is 0 Å². The van der Waals surface area contributed by atoms with Crippen molar-refractivity contribution in [2.45, 2.75) is 39.2 Å². The molecule has 0 saturated carbocycles. The Balaban J connectivity index is 1.35. The number of piperazine rings is 1. The van der Waals surface area contributed by atoms with Gasteiger partial charge in [-0.2, -0.15) is 4.98 Å². The zero-order valence-electron chi connectivity index (χ0n) is 16.4. The number of hydrogen-bond acceptors (Lipinski definition) is 7. The Labute approximate surface area is 168 Å². The van der Waals surface area contributed by atoms with Gasteiger partial charge >= 0.3 is 0 Å². The smallest absolute Gasteiger partial charge is 0.234 e. The van der Waals surface area contributed by atoms with Gasteiger partial charge in [0.1, 0.15) is 0 Å². The number of thiophene rings is 1. The Morgan fingerprint density at radius 3 is 2.75 bits per heavy atom. The van der Waals surface area contributed by atoms with E-state index in [4.69, 9.17) is 4.52 Å². The first-order valence-electron chi connectivity index (χ1n) is 9.67. The molecule has 0 aliphatic carbocycles. The molecule has 0 aromatic carbocycles. The van der Waals surface area contributed by atoms with Crippen molar-refractivity contribution in [3.63, 3.8) is 0 Å². The number of aromatic nitrogens is 2. The number of hydrogen-bond donors (Lipinski definition) is 1. The van der Waals surface area contributed by atoms with E-state index in [2.05, 4.69) is 20.4 Å². The van der Waals surface area contributed by atoms with Crippen LogP contribution in [0.3, 0.4) is 0 Å². The lowest BCUT2D eigenvalue weighted by atomic mass is 10.2. The van der Waals surface area contributed by atoms with Crippen LogP contribution in [0.25, 0.3) is 10.7 Å². The fraction of sp³-hybridized carbons (Fsp3) is 0.579. The maximum Gasteiger partial charge on any atom is 0.234 e. The summed E-state index contributed by atoms with van der Waals surface area (Å²) < 4.78 is 5.27. The summed E-state index contributed by atoms with van der Waals surface area (Å²) in [6.07, 6.45) is 1.74. The zero-order valence-corrected chi connectivity index (χ0v) is 17.2. The molecule has 1 saturated heterocycles. The van der Waals surface area contributed by atoms with E-state index in [9.17, 15) is 9.59 Å². The number of rotatable bonds is 8. The van der Waals surface area contributed by atoms with Gasteiger partial charge < -0.3 is 14.7 Å². The van der Waals surface area contributed by atoms with Gasteiger partial charge in [-0.05, 0) is 31.7 Å². The Bertz CT molecular complexity index is 766. The van der Waals surface area contributed by atoms with Gasteiger partial charge in [-0.25, -0.2) is 0 Å². The molecular formula is C19H27N5O3S. The van der Waals surface area contributed by atoms with Crippen LogP contribution in [-0.4, -0.2) is 70.5 Å². The Kier molecular flexibility index (Phi) is 7.16.